The number of aromatic amines is 1. The number of amides is 1. The van der Waals surface area contributed by atoms with Crippen LogP contribution in [0.2, 0.25) is 0 Å². The summed E-state index contributed by atoms with van der Waals surface area (Å²) >= 11 is 12.3. The molecule has 29 heavy (non-hydrogen) atoms. The third kappa shape index (κ3) is 4.21. The van der Waals surface area contributed by atoms with Gasteiger partial charge in [-0.2, -0.15) is 0 Å². The predicted octanol–water partition coefficient (Wildman–Crippen LogP) is 5.26. The zero-order valence-corrected chi connectivity index (χ0v) is 18.0. The molecule has 5 nitrogen and oxygen atoms in total. The standard InChI is InChI=1S/C22H23Cl2N3O2/c1-13(19-26-17-6-4-5-7-18(17)27-19)25-20(28)21(2,3)29-15-10-8-14(9-11-15)16-12-22(16,23)24/h4-11,13,16H,12H2,1-3H3,(H,25,28)(H,26,27). The molecule has 1 amide bonds. The number of alkyl halides is 2. The third-order valence-electron chi connectivity index (χ3n) is 5.19. The first kappa shape index (κ1) is 20.0. The van der Waals surface area contributed by atoms with Gasteiger partial charge in [0.1, 0.15) is 15.9 Å². The van der Waals surface area contributed by atoms with E-state index < -0.39 is 9.93 Å². The molecule has 1 fully saturated rings. The summed E-state index contributed by atoms with van der Waals surface area (Å²) < 4.78 is 5.30. The first-order valence-electron chi connectivity index (χ1n) is 9.58. The van der Waals surface area contributed by atoms with Gasteiger partial charge in [0.25, 0.3) is 5.91 Å². The van der Waals surface area contributed by atoms with Crippen molar-refractivity contribution in [2.24, 2.45) is 0 Å². The van der Waals surface area contributed by atoms with E-state index in [1.54, 1.807) is 13.8 Å². The number of aromatic nitrogens is 2. The fourth-order valence-electron chi connectivity index (χ4n) is 3.30. The molecule has 1 aromatic heterocycles. The Balaban J connectivity index is 1.40. The van der Waals surface area contributed by atoms with E-state index in [2.05, 4.69) is 15.3 Å². The molecule has 1 aliphatic carbocycles. The second-order valence-electron chi connectivity index (χ2n) is 8.03. The molecule has 0 radical (unpaired) electrons. The fraction of sp³-hybridized carbons (Fsp3) is 0.364. The van der Waals surface area contributed by atoms with Crippen molar-refractivity contribution in [3.8, 4) is 5.75 Å². The van der Waals surface area contributed by atoms with Crippen LogP contribution in [-0.2, 0) is 4.79 Å². The van der Waals surface area contributed by atoms with Crippen LogP contribution in [-0.4, -0.2) is 25.8 Å². The summed E-state index contributed by atoms with van der Waals surface area (Å²) in [7, 11) is 0. The molecular weight excluding hydrogens is 409 g/mol. The van der Waals surface area contributed by atoms with Crippen LogP contribution in [0.4, 0.5) is 0 Å². The number of nitrogens with zero attached hydrogens (tertiary/aromatic N) is 1. The zero-order chi connectivity index (χ0) is 20.8. The number of benzene rings is 2. The van der Waals surface area contributed by atoms with E-state index in [4.69, 9.17) is 27.9 Å². The summed E-state index contributed by atoms with van der Waals surface area (Å²) in [6, 6.07) is 15.1. The molecule has 2 N–H and O–H groups in total. The average molecular weight is 432 g/mol. The van der Waals surface area contributed by atoms with E-state index in [-0.39, 0.29) is 17.9 Å². The SMILES string of the molecule is CC(NC(=O)C(C)(C)Oc1ccc(C2CC2(Cl)Cl)cc1)c1nc2ccccc2[nH]1. The molecule has 2 aromatic carbocycles. The normalized spacial score (nSPS) is 19.0. The molecule has 2 unspecified atom stereocenters. The summed E-state index contributed by atoms with van der Waals surface area (Å²) in [6.45, 7) is 5.37. The highest BCUT2D eigenvalue weighted by Gasteiger charge is 2.52. The first-order chi connectivity index (χ1) is 13.7. The Morgan fingerprint density at radius 1 is 1.24 bits per heavy atom. The number of para-hydroxylation sites is 2. The summed E-state index contributed by atoms with van der Waals surface area (Å²) in [5.41, 5.74) is 1.83. The van der Waals surface area contributed by atoms with Gasteiger partial charge < -0.3 is 15.0 Å². The van der Waals surface area contributed by atoms with Crippen molar-refractivity contribution < 1.29 is 9.53 Å². The number of carbonyl (C=O) groups excluding carboxylic acids is 1. The van der Waals surface area contributed by atoms with Gasteiger partial charge in [0.05, 0.1) is 17.1 Å². The van der Waals surface area contributed by atoms with Crippen LogP contribution < -0.4 is 10.1 Å². The van der Waals surface area contributed by atoms with Crippen LogP contribution in [0, 0.1) is 0 Å². The van der Waals surface area contributed by atoms with Gasteiger partial charge in [-0.1, -0.05) is 24.3 Å². The molecule has 0 bridgehead atoms. The van der Waals surface area contributed by atoms with Gasteiger partial charge in [-0.25, -0.2) is 4.98 Å². The maximum absolute atomic E-state index is 12.8. The molecule has 2 atom stereocenters. The lowest BCUT2D eigenvalue weighted by atomic mass is 10.1. The molecule has 0 spiro atoms. The van der Waals surface area contributed by atoms with E-state index in [9.17, 15) is 4.79 Å². The number of halogens is 2. The van der Waals surface area contributed by atoms with Gasteiger partial charge in [0.2, 0.25) is 0 Å². The van der Waals surface area contributed by atoms with E-state index in [0.29, 0.717) is 11.6 Å². The predicted molar refractivity (Wildman–Crippen MR) is 116 cm³/mol. The molecule has 1 heterocycles. The molecule has 3 aromatic rings. The maximum Gasteiger partial charge on any atom is 0.264 e. The smallest absolute Gasteiger partial charge is 0.264 e. The van der Waals surface area contributed by atoms with Crippen LogP contribution in [0.15, 0.2) is 48.5 Å². The number of ether oxygens (including phenoxy) is 1. The number of imidazole rings is 1. The Morgan fingerprint density at radius 3 is 2.52 bits per heavy atom. The number of hydrogen-bond acceptors (Lipinski definition) is 3. The molecule has 4 rings (SSSR count). The van der Waals surface area contributed by atoms with Crippen LogP contribution >= 0.6 is 23.2 Å². The lowest BCUT2D eigenvalue weighted by Gasteiger charge is -2.27. The lowest BCUT2D eigenvalue weighted by Crippen LogP contribution is -2.47. The molecule has 1 saturated carbocycles. The van der Waals surface area contributed by atoms with Crippen molar-refractivity contribution in [3.63, 3.8) is 0 Å². The summed E-state index contributed by atoms with van der Waals surface area (Å²) in [6.07, 6.45) is 0.754. The van der Waals surface area contributed by atoms with Gasteiger partial charge >= 0.3 is 0 Å². The van der Waals surface area contributed by atoms with Crippen LogP contribution in [0.25, 0.3) is 11.0 Å². The minimum atomic E-state index is -1.05. The molecule has 1 aliphatic rings. The molecule has 152 valence electrons. The number of nitrogens with one attached hydrogen (secondary N) is 2. The number of H-pyrrole nitrogens is 1. The van der Waals surface area contributed by atoms with Gasteiger partial charge in [-0.05, 0) is 57.0 Å². The van der Waals surface area contributed by atoms with Crippen molar-refractivity contribution in [2.45, 2.75) is 49.1 Å². The van der Waals surface area contributed by atoms with Crippen molar-refractivity contribution in [3.05, 3.63) is 59.9 Å². The Hall–Kier alpha value is -2.24. The number of hydrogen-bond donors (Lipinski definition) is 2. The highest BCUT2D eigenvalue weighted by molar-refractivity contribution is 6.51. The second kappa shape index (κ2) is 7.22. The van der Waals surface area contributed by atoms with Gasteiger partial charge in [-0.15, -0.1) is 23.2 Å². The summed E-state index contributed by atoms with van der Waals surface area (Å²) in [4.78, 5) is 20.6. The quantitative estimate of drug-likeness (QED) is 0.523. The van der Waals surface area contributed by atoms with Crippen LogP contribution in [0.3, 0.4) is 0 Å². The van der Waals surface area contributed by atoms with Crippen molar-refractivity contribution in [2.75, 3.05) is 0 Å². The topological polar surface area (TPSA) is 67.0 Å². The van der Waals surface area contributed by atoms with Crippen LogP contribution in [0.1, 0.15) is 50.5 Å². The van der Waals surface area contributed by atoms with E-state index in [1.807, 2.05) is 55.5 Å². The number of fused-ring (bicyclic) bond motifs is 1. The summed E-state index contributed by atoms with van der Waals surface area (Å²) in [5.74, 6) is 1.24. The first-order valence-corrected chi connectivity index (χ1v) is 10.3. The molecular formula is C22H23Cl2N3O2. The van der Waals surface area contributed by atoms with Gasteiger partial charge in [0, 0.05) is 5.92 Å². The molecule has 7 heteroatoms. The van der Waals surface area contributed by atoms with Gasteiger partial charge in [-0.3, -0.25) is 4.79 Å². The van der Waals surface area contributed by atoms with E-state index >= 15 is 0 Å². The Morgan fingerprint density at radius 2 is 1.90 bits per heavy atom. The van der Waals surface area contributed by atoms with E-state index in [0.717, 1.165) is 23.0 Å². The Kier molecular flexibility index (Phi) is 4.99. The largest absolute Gasteiger partial charge is 0.478 e. The maximum atomic E-state index is 12.8. The average Bonchev–Trinajstić information content (AvgIpc) is 3.11. The van der Waals surface area contributed by atoms with E-state index in [1.165, 1.54) is 0 Å². The van der Waals surface area contributed by atoms with Crippen molar-refractivity contribution in [1.29, 1.82) is 0 Å². The summed E-state index contributed by atoms with van der Waals surface area (Å²) in [5, 5.41) is 2.98. The second-order valence-corrected chi connectivity index (χ2v) is 9.58. The van der Waals surface area contributed by atoms with Crippen LogP contribution in [0.5, 0.6) is 5.75 Å². The van der Waals surface area contributed by atoms with Gasteiger partial charge in [0.15, 0.2) is 5.60 Å². The number of rotatable bonds is 6. The fourth-order valence-corrected chi connectivity index (χ4v) is 3.86. The monoisotopic (exact) mass is 431 g/mol. The molecule has 0 saturated heterocycles. The Labute approximate surface area is 179 Å². The minimum Gasteiger partial charge on any atom is -0.478 e. The minimum absolute atomic E-state index is 0.154. The highest BCUT2D eigenvalue weighted by Crippen LogP contribution is 2.59. The third-order valence-corrected chi connectivity index (χ3v) is 6.03. The highest BCUT2D eigenvalue weighted by atomic mass is 35.5. The Bertz CT molecular complexity index is 1010. The zero-order valence-electron chi connectivity index (χ0n) is 16.5. The van der Waals surface area contributed by atoms with Crippen molar-refractivity contribution >= 4 is 40.1 Å². The number of carbonyl (C=O) groups is 1. The lowest BCUT2D eigenvalue weighted by molar-refractivity contribution is -0.135. The molecule has 0 aliphatic heterocycles. The van der Waals surface area contributed by atoms with Crippen molar-refractivity contribution in [1.82, 2.24) is 15.3 Å².